The highest BCUT2D eigenvalue weighted by Gasteiger charge is 2.46. The van der Waals surface area contributed by atoms with Crippen molar-refractivity contribution in [3.05, 3.63) is 46.1 Å². The van der Waals surface area contributed by atoms with E-state index in [4.69, 9.17) is 16.3 Å². The average Bonchev–Trinajstić information content (AvgIpc) is 2.85. The second kappa shape index (κ2) is 7.45. The Morgan fingerprint density at radius 1 is 1.42 bits per heavy atom. The molecule has 0 aliphatic carbocycles. The van der Waals surface area contributed by atoms with Crippen LogP contribution in [0.5, 0.6) is 0 Å². The number of ether oxygens (including phenoxy) is 1. The minimum absolute atomic E-state index is 0.0691. The molecule has 0 bridgehead atoms. The maximum absolute atomic E-state index is 12.8. The Morgan fingerprint density at radius 3 is 2.81 bits per heavy atom. The van der Waals surface area contributed by atoms with Gasteiger partial charge in [0.05, 0.1) is 29.2 Å². The number of fused-ring (bicyclic) bond motifs is 1. The summed E-state index contributed by atoms with van der Waals surface area (Å²) < 4.78 is 5.46. The quantitative estimate of drug-likeness (QED) is 0.721. The van der Waals surface area contributed by atoms with Gasteiger partial charge in [0, 0.05) is 5.02 Å². The second-order valence-corrected chi connectivity index (χ2v) is 8.56. The van der Waals surface area contributed by atoms with Crippen molar-refractivity contribution in [1.29, 1.82) is 0 Å². The zero-order valence-corrected chi connectivity index (χ0v) is 16.7. The Bertz CT molecular complexity index is 819. The van der Waals surface area contributed by atoms with E-state index >= 15 is 0 Å². The number of hydrogen-bond donors (Lipinski definition) is 0. The number of nitrogens with zero attached hydrogens (tertiary/aromatic N) is 2. The minimum Gasteiger partial charge on any atom is -0.462 e. The lowest BCUT2D eigenvalue weighted by atomic mass is 9.94. The predicted molar refractivity (Wildman–Crippen MR) is 104 cm³/mol. The van der Waals surface area contributed by atoms with Crippen LogP contribution in [0.4, 0.5) is 0 Å². The zero-order valence-electron chi connectivity index (χ0n) is 15.2. The fourth-order valence-electron chi connectivity index (χ4n) is 2.98. The number of esters is 1. The Labute approximate surface area is 162 Å². The summed E-state index contributed by atoms with van der Waals surface area (Å²) in [6.45, 7) is 7.88. The number of thioether (sulfide) groups is 1. The van der Waals surface area contributed by atoms with Crippen molar-refractivity contribution < 1.29 is 14.3 Å². The van der Waals surface area contributed by atoms with Gasteiger partial charge in [0.15, 0.2) is 5.17 Å². The van der Waals surface area contributed by atoms with Crippen LogP contribution in [0.2, 0.25) is 5.02 Å². The highest BCUT2D eigenvalue weighted by molar-refractivity contribution is 8.15. The summed E-state index contributed by atoms with van der Waals surface area (Å²) in [6.07, 6.45) is 0. The van der Waals surface area contributed by atoms with Gasteiger partial charge in [-0.15, -0.1) is 0 Å². The summed E-state index contributed by atoms with van der Waals surface area (Å²) in [7, 11) is 0. The SMILES string of the molecule is CC1=C(C(=O)OCC(C)C)[C@H](c2cccc(Cl)c2)N2C(=O)[C@H](C)SC2=N1. The predicted octanol–water partition coefficient (Wildman–Crippen LogP) is 4.19. The molecule has 7 heteroatoms. The van der Waals surface area contributed by atoms with Gasteiger partial charge in [-0.3, -0.25) is 9.69 Å². The van der Waals surface area contributed by atoms with Crippen LogP contribution in [-0.2, 0) is 14.3 Å². The largest absolute Gasteiger partial charge is 0.462 e. The van der Waals surface area contributed by atoms with Gasteiger partial charge in [0.25, 0.3) is 0 Å². The molecule has 1 fully saturated rings. The maximum atomic E-state index is 12.8. The van der Waals surface area contributed by atoms with Crippen LogP contribution in [0.1, 0.15) is 39.3 Å². The van der Waals surface area contributed by atoms with Gasteiger partial charge in [0.1, 0.15) is 0 Å². The molecule has 1 aromatic carbocycles. The molecule has 138 valence electrons. The number of amides is 1. The van der Waals surface area contributed by atoms with E-state index in [0.29, 0.717) is 28.1 Å². The first-order chi connectivity index (χ1) is 12.3. The van der Waals surface area contributed by atoms with E-state index < -0.39 is 12.0 Å². The van der Waals surface area contributed by atoms with E-state index in [1.807, 2.05) is 32.9 Å². The summed E-state index contributed by atoms with van der Waals surface area (Å²) in [4.78, 5) is 31.7. The maximum Gasteiger partial charge on any atom is 0.338 e. The molecule has 26 heavy (non-hydrogen) atoms. The second-order valence-electron chi connectivity index (χ2n) is 6.81. The molecule has 2 heterocycles. The summed E-state index contributed by atoms with van der Waals surface area (Å²) in [5.41, 5.74) is 1.73. The Balaban J connectivity index is 2.08. The molecule has 0 aromatic heterocycles. The van der Waals surface area contributed by atoms with Crippen molar-refractivity contribution in [2.45, 2.75) is 39.0 Å². The first kappa shape index (κ1) is 19.0. The van der Waals surface area contributed by atoms with Crippen LogP contribution in [0.15, 0.2) is 40.5 Å². The van der Waals surface area contributed by atoms with Gasteiger partial charge in [-0.25, -0.2) is 9.79 Å². The third kappa shape index (κ3) is 3.53. The molecule has 3 rings (SSSR count). The smallest absolute Gasteiger partial charge is 0.338 e. The molecule has 2 atom stereocenters. The van der Waals surface area contributed by atoms with E-state index in [2.05, 4.69) is 4.99 Å². The third-order valence-corrected chi connectivity index (χ3v) is 5.48. The zero-order chi connectivity index (χ0) is 19.0. The molecule has 0 saturated carbocycles. The molecule has 0 unspecified atom stereocenters. The fraction of sp³-hybridized carbons (Fsp3) is 0.421. The molecule has 2 aliphatic rings. The molecule has 5 nitrogen and oxygen atoms in total. The van der Waals surface area contributed by atoms with E-state index in [9.17, 15) is 9.59 Å². The van der Waals surface area contributed by atoms with E-state index in [1.165, 1.54) is 11.8 Å². The molecule has 2 aliphatic heterocycles. The van der Waals surface area contributed by atoms with Crippen molar-refractivity contribution >= 4 is 40.4 Å². The van der Waals surface area contributed by atoms with Crippen LogP contribution in [0, 0.1) is 5.92 Å². The van der Waals surface area contributed by atoms with Crippen molar-refractivity contribution in [3.63, 3.8) is 0 Å². The van der Waals surface area contributed by atoms with Crippen LogP contribution in [-0.4, -0.2) is 33.8 Å². The van der Waals surface area contributed by atoms with Crippen LogP contribution >= 0.6 is 23.4 Å². The normalized spacial score (nSPS) is 22.6. The van der Waals surface area contributed by atoms with Crippen LogP contribution in [0.25, 0.3) is 0 Å². The number of carbonyl (C=O) groups is 2. The van der Waals surface area contributed by atoms with Gasteiger partial charge in [-0.2, -0.15) is 0 Å². The number of rotatable bonds is 4. The summed E-state index contributed by atoms with van der Waals surface area (Å²) in [5.74, 6) is -0.294. The molecule has 1 aromatic rings. The fourth-order valence-corrected chi connectivity index (χ4v) is 4.20. The summed E-state index contributed by atoms with van der Waals surface area (Å²) >= 11 is 7.57. The number of halogens is 1. The van der Waals surface area contributed by atoms with Crippen molar-refractivity contribution in [3.8, 4) is 0 Å². The Morgan fingerprint density at radius 2 is 2.15 bits per heavy atom. The van der Waals surface area contributed by atoms with E-state index in [1.54, 1.807) is 24.0 Å². The average molecular weight is 393 g/mol. The Hall–Kier alpha value is -1.79. The van der Waals surface area contributed by atoms with Crippen LogP contribution < -0.4 is 0 Å². The monoisotopic (exact) mass is 392 g/mol. The van der Waals surface area contributed by atoms with Gasteiger partial charge in [-0.1, -0.05) is 49.3 Å². The first-order valence-corrected chi connectivity index (χ1v) is 9.77. The molecule has 0 radical (unpaired) electrons. The minimum atomic E-state index is -0.578. The number of hydrogen-bond acceptors (Lipinski definition) is 5. The highest BCUT2D eigenvalue weighted by atomic mass is 35.5. The molecular weight excluding hydrogens is 372 g/mol. The number of amidine groups is 1. The topological polar surface area (TPSA) is 59.0 Å². The van der Waals surface area contributed by atoms with Crippen LogP contribution in [0.3, 0.4) is 0 Å². The number of benzene rings is 1. The summed E-state index contributed by atoms with van der Waals surface area (Å²) in [6, 6.07) is 6.64. The van der Waals surface area contributed by atoms with Crippen molar-refractivity contribution in [2.24, 2.45) is 10.9 Å². The van der Waals surface area contributed by atoms with Crippen molar-refractivity contribution in [2.75, 3.05) is 6.61 Å². The first-order valence-electron chi connectivity index (χ1n) is 8.51. The van der Waals surface area contributed by atoms with Gasteiger partial charge < -0.3 is 4.74 Å². The Kier molecular flexibility index (Phi) is 5.44. The molecule has 1 amide bonds. The third-order valence-electron chi connectivity index (χ3n) is 4.19. The highest BCUT2D eigenvalue weighted by Crippen LogP contribution is 2.43. The molecular formula is C19H21ClN2O3S. The van der Waals surface area contributed by atoms with Gasteiger partial charge >= 0.3 is 5.97 Å². The van der Waals surface area contributed by atoms with Gasteiger partial charge in [0.2, 0.25) is 5.91 Å². The summed E-state index contributed by atoms with van der Waals surface area (Å²) in [5, 5.41) is 0.922. The number of aliphatic imine (C=N–C) groups is 1. The lowest BCUT2D eigenvalue weighted by molar-refractivity contribution is -0.141. The van der Waals surface area contributed by atoms with Crippen molar-refractivity contribution in [1.82, 2.24) is 4.90 Å². The van der Waals surface area contributed by atoms with E-state index in [-0.39, 0.29) is 17.1 Å². The molecule has 0 N–H and O–H groups in total. The van der Waals surface area contributed by atoms with Gasteiger partial charge in [-0.05, 0) is 37.5 Å². The molecule has 0 spiro atoms. The lowest BCUT2D eigenvalue weighted by Gasteiger charge is -2.33. The standard InChI is InChI=1S/C19H21ClN2O3S/c1-10(2)9-25-18(24)15-11(3)21-19-22(17(23)12(4)26-19)16(15)13-6-5-7-14(20)8-13/h5-8,10,12,16H,9H2,1-4H3/t12-,16-/m0/s1. The van der Waals surface area contributed by atoms with E-state index in [0.717, 1.165) is 5.56 Å². The number of carbonyl (C=O) groups excluding carboxylic acids is 2. The molecule has 1 saturated heterocycles. The lowest BCUT2D eigenvalue weighted by Crippen LogP contribution is -2.40. The number of allylic oxidation sites excluding steroid dienone is 1.